The van der Waals surface area contributed by atoms with Crippen molar-refractivity contribution >= 4 is 45.7 Å². The smallest absolute Gasteiger partial charge is 0.377 e. The zero-order valence-corrected chi connectivity index (χ0v) is 43.6. The lowest BCUT2D eigenvalue weighted by Crippen LogP contribution is -2.68. The highest BCUT2D eigenvalue weighted by Crippen LogP contribution is 2.49. The maximum absolute atomic E-state index is 14.4. The van der Waals surface area contributed by atoms with E-state index in [1.807, 2.05) is 0 Å². The van der Waals surface area contributed by atoms with Crippen molar-refractivity contribution in [1.29, 1.82) is 0 Å². The van der Waals surface area contributed by atoms with Gasteiger partial charge >= 0.3 is 23.5 Å². The second kappa shape index (κ2) is 23.6. The van der Waals surface area contributed by atoms with Gasteiger partial charge in [0, 0.05) is 60.9 Å². The lowest BCUT2D eigenvalue weighted by atomic mass is 9.88. The van der Waals surface area contributed by atoms with Crippen LogP contribution in [0.15, 0.2) is 91.2 Å². The summed E-state index contributed by atoms with van der Waals surface area (Å²) in [6.07, 6.45) is -17.9. The number of fused-ring (bicyclic) bond motifs is 2. The highest BCUT2D eigenvalue weighted by atomic mass is 16.7. The molecule has 2 saturated heterocycles. The number of methoxy groups -OCH3 is 2. The molecule has 14 N–H and O–H groups in total. The van der Waals surface area contributed by atoms with Crippen LogP contribution in [0.1, 0.15) is 26.7 Å². The van der Waals surface area contributed by atoms with Crippen LogP contribution in [-0.4, -0.2) is 185 Å². The third kappa shape index (κ3) is 11.4. The lowest BCUT2D eigenvalue weighted by Gasteiger charge is -2.46. The number of hydrogen-bond donors (Lipinski definition) is 14. The first kappa shape index (κ1) is 59.7. The second-order valence-corrected chi connectivity index (χ2v) is 19.3. The topological polar surface area (TPSA) is 451 Å². The van der Waals surface area contributed by atoms with Gasteiger partial charge in [-0.2, -0.15) is 0 Å². The maximum atomic E-state index is 14.4. The van der Waals surface area contributed by atoms with E-state index >= 15 is 0 Å². The van der Waals surface area contributed by atoms with Crippen molar-refractivity contribution in [3.63, 3.8) is 0 Å². The van der Waals surface area contributed by atoms with Gasteiger partial charge in [-0.05, 0) is 42.5 Å². The van der Waals surface area contributed by atoms with E-state index in [2.05, 4.69) is 10.6 Å². The molecule has 28 heteroatoms. The second-order valence-electron chi connectivity index (χ2n) is 19.3. The van der Waals surface area contributed by atoms with E-state index in [9.17, 15) is 90.0 Å². The van der Waals surface area contributed by atoms with Crippen LogP contribution in [0.2, 0.25) is 0 Å². The van der Waals surface area contributed by atoms with Crippen LogP contribution >= 0.6 is 0 Å². The molecule has 2 amide bonds. The number of phenols is 2. The first-order valence-electron chi connectivity index (χ1n) is 24.8. The molecular formula is C54H56N2O26. The number of phenolic OH excluding ortho intramolecular Hbond substituents is 2. The molecule has 2 fully saturated rings. The van der Waals surface area contributed by atoms with Gasteiger partial charge in [0.15, 0.2) is 16.4 Å². The minimum atomic E-state index is -3.15. The minimum Gasteiger partial charge on any atom is -0.507 e. The van der Waals surface area contributed by atoms with Gasteiger partial charge in [-0.3, -0.25) is 19.2 Å². The van der Waals surface area contributed by atoms with Crippen LogP contribution in [-0.2, 0) is 28.7 Å². The predicted molar refractivity (Wildman–Crippen MR) is 278 cm³/mol. The van der Waals surface area contributed by atoms with E-state index in [-0.39, 0.29) is 56.4 Å². The number of carboxylic acids is 2. The molecule has 2 aliphatic heterocycles. The summed E-state index contributed by atoms with van der Waals surface area (Å²) in [4.78, 5) is 78.9. The molecular weight excluding hydrogens is 1090 g/mol. The van der Waals surface area contributed by atoms with Gasteiger partial charge < -0.3 is 109 Å². The zero-order valence-electron chi connectivity index (χ0n) is 43.6. The summed E-state index contributed by atoms with van der Waals surface area (Å²) in [6.45, 7) is -0.0507. The molecule has 6 aromatic rings. The van der Waals surface area contributed by atoms with Crippen LogP contribution in [0.25, 0.3) is 55.7 Å². The molecule has 82 heavy (non-hydrogen) atoms. The third-order valence-corrected chi connectivity index (χ3v) is 13.8. The molecule has 0 unspecified atom stereocenters. The molecule has 4 heterocycles. The fraction of sp³-hybridized carbons (Fsp3) is 0.370. The summed E-state index contributed by atoms with van der Waals surface area (Å²) < 4.78 is 47.3. The Morgan fingerprint density at radius 1 is 0.622 bits per heavy atom. The van der Waals surface area contributed by atoms with Gasteiger partial charge in [-0.15, -0.1) is 0 Å². The SMILES string of the molecule is COc1cc(O)c2c(=O)cc(-c3ccc(OC)c(-c4c(O[C@]5(C(=O)O)C[C@H](O)[C@@H](NC(C)=O)[C@H]([C@H](O)[C@H](O)CO)O5)cc(O)c5c(=O)cc(-c6ccc(O[C@]7(C(=O)O)C[C@H](O)[C@@H](NC(C)=O)[C@H]([C@H](O)[C@H](O)CO)O7)cc6)oc45)c3)oc2c1. The number of aliphatic hydroxyl groups is 8. The Morgan fingerprint density at radius 2 is 1.12 bits per heavy atom. The number of amides is 2. The molecule has 0 saturated carbocycles. The molecule has 0 bridgehead atoms. The van der Waals surface area contributed by atoms with Crippen LogP contribution in [0.5, 0.6) is 34.5 Å². The summed E-state index contributed by atoms with van der Waals surface area (Å²) in [5.41, 5.74) is -2.87. The Labute approximate surface area is 461 Å². The van der Waals surface area contributed by atoms with Gasteiger partial charge in [0.05, 0.1) is 70.1 Å². The number of carboxylic acid groups (broad SMARTS) is 2. The van der Waals surface area contributed by atoms with E-state index in [4.69, 9.17) is 37.3 Å². The van der Waals surface area contributed by atoms with Gasteiger partial charge in [-0.1, -0.05) is 0 Å². The predicted octanol–water partition coefficient (Wildman–Crippen LogP) is -0.615. The van der Waals surface area contributed by atoms with Crippen LogP contribution in [0.3, 0.4) is 0 Å². The normalized spacial score (nSPS) is 24.1. The number of rotatable bonds is 19. The molecule has 0 radical (unpaired) electrons. The molecule has 2 aromatic heterocycles. The summed E-state index contributed by atoms with van der Waals surface area (Å²) >= 11 is 0. The van der Waals surface area contributed by atoms with Crippen molar-refractivity contribution < 1.29 is 118 Å². The van der Waals surface area contributed by atoms with Crippen LogP contribution < -0.4 is 40.4 Å². The Kier molecular flexibility index (Phi) is 17.2. The van der Waals surface area contributed by atoms with E-state index in [0.29, 0.717) is 0 Å². The van der Waals surface area contributed by atoms with Crippen molar-refractivity contribution in [3.05, 3.63) is 93.2 Å². The summed E-state index contributed by atoms with van der Waals surface area (Å²) in [5.74, 6) is -14.1. The Bertz CT molecular complexity index is 3550. The number of benzene rings is 4. The standard InChI is InChI=1S/C54H56N2O26/c1-21(59)55-44-32(65)17-53(51(71)72,81-49(44)46(69)34(67)19-57)79-25-8-5-23(6-9-25)37-15-30(63)43-31(64)16-40(80-54(52(73)74)18-33(66)45(56-22(2)60)50(82-54)47(70)35(68)20-58)41(48(43)78-37)27-11-24(7-10-36(27)76-4)38-14-29(62)42-28(61)12-26(75-3)13-39(42)77-38/h5-16,32-35,44-47,49-50,57-58,61,64-70H,17-20H2,1-4H3,(H,55,59)(H,56,60)(H,71,72)(H,73,74)/t32-,33-,34+,35+,44+,45+,46+,47+,49+,50+,53+,54+/m0/s1. The lowest BCUT2D eigenvalue weighted by molar-refractivity contribution is -0.284. The van der Waals surface area contributed by atoms with Crippen LogP contribution in [0.4, 0.5) is 0 Å². The average Bonchev–Trinajstić information content (AvgIpc) is 2.63. The summed E-state index contributed by atoms with van der Waals surface area (Å²) in [7, 11) is 2.53. The average molecular weight is 1150 g/mol. The largest absolute Gasteiger partial charge is 0.507 e. The molecule has 0 aliphatic carbocycles. The third-order valence-electron chi connectivity index (χ3n) is 13.8. The highest BCUT2D eigenvalue weighted by molar-refractivity contribution is 6.02. The van der Waals surface area contributed by atoms with Gasteiger partial charge in [0.1, 0.15) is 99.0 Å². The monoisotopic (exact) mass is 1150 g/mol. The van der Waals surface area contributed by atoms with Crippen molar-refractivity contribution in [2.24, 2.45) is 0 Å². The van der Waals surface area contributed by atoms with Crippen LogP contribution in [0, 0.1) is 0 Å². The fourth-order valence-electron chi connectivity index (χ4n) is 9.85. The Balaban J connectivity index is 1.31. The van der Waals surface area contributed by atoms with Gasteiger partial charge in [-0.25, -0.2) is 9.59 Å². The summed E-state index contributed by atoms with van der Waals surface area (Å²) in [6, 6.07) is 11.1. The quantitative estimate of drug-likeness (QED) is 0.0481. The zero-order chi connectivity index (χ0) is 59.9. The number of nitrogens with one attached hydrogen (secondary N) is 2. The van der Waals surface area contributed by atoms with Crippen molar-refractivity contribution in [3.8, 4) is 68.3 Å². The molecule has 28 nitrogen and oxygen atoms in total. The number of hydrogen-bond acceptors (Lipinski definition) is 24. The van der Waals surface area contributed by atoms with Gasteiger partial charge in [0.2, 0.25) is 11.8 Å². The van der Waals surface area contributed by atoms with E-state index in [1.165, 1.54) is 68.8 Å². The number of aromatic hydroxyl groups is 2. The Hall–Kier alpha value is -8.42. The van der Waals surface area contributed by atoms with E-state index < -0.39 is 167 Å². The van der Waals surface area contributed by atoms with Crippen molar-refractivity contribution in [2.45, 2.75) is 99.2 Å². The number of carbonyl (C=O) groups is 4. The molecule has 2 aliphatic rings. The van der Waals surface area contributed by atoms with Crippen molar-refractivity contribution in [1.82, 2.24) is 10.6 Å². The molecule has 12 atom stereocenters. The highest BCUT2D eigenvalue weighted by Gasteiger charge is 2.58. The van der Waals surface area contributed by atoms with Gasteiger partial charge in [0.25, 0.3) is 0 Å². The number of aliphatic hydroxyl groups excluding tert-OH is 8. The Morgan fingerprint density at radius 3 is 1.62 bits per heavy atom. The number of ether oxygens (including phenoxy) is 6. The first-order valence-corrected chi connectivity index (χ1v) is 24.8. The first-order chi connectivity index (χ1) is 38.8. The maximum Gasteiger partial charge on any atom is 0.377 e. The summed E-state index contributed by atoms with van der Waals surface area (Å²) in [5, 5.41) is 133. The fourth-order valence-corrected chi connectivity index (χ4v) is 9.85. The molecule has 0 spiro atoms. The molecule has 8 rings (SSSR count). The molecule has 438 valence electrons. The number of aliphatic carboxylic acids is 2. The molecule has 4 aromatic carbocycles. The van der Waals surface area contributed by atoms with Crippen molar-refractivity contribution in [2.75, 3.05) is 27.4 Å². The van der Waals surface area contributed by atoms with E-state index in [0.717, 1.165) is 32.0 Å². The van der Waals surface area contributed by atoms with E-state index in [1.54, 1.807) is 0 Å². The number of carbonyl (C=O) groups excluding carboxylic acids is 2. The minimum absolute atomic E-state index is 0.0172.